The largest absolute Gasteiger partial charge is 0.228 e. The van der Waals surface area contributed by atoms with Crippen molar-refractivity contribution in [3.63, 3.8) is 0 Å². The smallest absolute Gasteiger partial charge is 0.222 e. The van der Waals surface area contributed by atoms with Gasteiger partial charge in [0.25, 0.3) is 0 Å². The molecule has 0 spiro atoms. The molecule has 0 saturated carbocycles. The van der Waals surface area contributed by atoms with Gasteiger partial charge in [0, 0.05) is 0 Å². The van der Waals surface area contributed by atoms with Crippen molar-refractivity contribution in [1.82, 2.24) is 0 Å². The minimum Gasteiger partial charge on any atom is -0.228 e. The van der Waals surface area contributed by atoms with E-state index in [1.807, 2.05) is 0 Å². The van der Waals surface area contributed by atoms with Crippen molar-refractivity contribution in [2.24, 2.45) is 5.14 Å². The number of rotatable bonds is 10. The van der Waals surface area contributed by atoms with E-state index in [1.54, 1.807) is 0 Å². The summed E-state index contributed by atoms with van der Waals surface area (Å²) in [6, 6.07) is 0. The topological polar surface area (TPSA) is 60.2 Å². The van der Waals surface area contributed by atoms with E-state index in [0.717, 1.165) is 12.8 Å². The fraction of sp³-hybridized carbons (Fsp3) is 1.00. The number of hydrogen-bond acceptors (Lipinski definition) is 2. The summed E-state index contributed by atoms with van der Waals surface area (Å²) in [5, 5.41) is 5.00. The Kier molecular flexibility index (Phi) is 9.65. The molecule has 1 unspecified atom stereocenters. The lowest BCUT2D eigenvalue weighted by atomic mass is 10.1. The molecule has 0 aromatic carbocycles. The van der Waals surface area contributed by atoms with Gasteiger partial charge in [0.05, 0.1) is 0 Å². The van der Waals surface area contributed by atoms with Crippen molar-refractivity contribution in [1.29, 1.82) is 0 Å². The standard InChI is InChI=1S/C11H24BrNO2S/c1-2-3-4-5-6-7-8-9-10-11(12)16(13,14)15/h11H,2-10H2,1H3,(H2,13,14,15). The summed E-state index contributed by atoms with van der Waals surface area (Å²) in [5.74, 6) is 0. The molecule has 0 bridgehead atoms. The predicted molar refractivity (Wildman–Crippen MR) is 73.0 cm³/mol. The van der Waals surface area contributed by atoms with E-state index in [-0.39, 0.29) is 0 Å². The molecule has 0 aromatic heterocycles. The average molecular weight is 314 g/mol. The maximum absolute atomic E-state index is 10.9. The molecule has 98 valence electrons. The van der Waals surface area contributed by atoms with Gasteiger partial charge in [-0.1, -0.05) is 74.2 Å². The molecule has 0 aliphatic carbocycles. The first-order valence-electron chi connectivity index (χ1n) is 6.14. The van der Waals surface area contributed by atoms with Crippen molar-refractivity contribution in [3.8, 4) is 0 Å². The van der Waals surface area contributed by atoms with Crippen molar-refractivity contribution in [3.05, 3.63) is 0 Å². The van der Waals surface area contributed by atoms with Crippen LogP contribution in [0.4, 0.5) is 0 Å². The van der Waals surface area contributed by atoms with Gasteiger partial charge in [0.15, 0.2) is 0 Å². The Labute approximate surface area is 108 Å². The van der Waals surface area contributed by atoms with Gasteiger partial charge in [-0.05, 0) is 6.42 Å². The molecule has 0 aliphatic rings. The molecule has 3 nitrogen and oxygen atoms in total. The van der Waals surface area contributed by atoms with Crippen molar-refractivity contribution >= 4 is 26.0 Å². The Morgan fingerprint density at radius 3 is 1.88 bits per heavy atom. The number of sulfonamides is 1. The van der Waals surface area contributed by atoms with Gasteiger partial charge in [0.2, 0.25) is 10.0 Å². The molecule has 0 rings (SSSR count). The molecule has 5 heteroatoms. The van der Waals surface area contributed by atoms with Crippen LogP contribution in [0.5, 0.6) is 0 Å². The predicted octanol–water partition coefficient (Wildman–Crippen LogP) is 3.53. The van der Waals surface area contributed by atoms with Gasteiger partial charge in [0.1, 0.15) is 4.16 Å². The Balaban J connectivity index is 3.28. The van der Waals surface area contributed by atoms with Gasteiger partial charge < -0.3 is 0 Å². The van der Waals surface area contributed by atoms with E-state index in [4.69, 9.17) is 5.14 Å². The third kappa shape index (κ3) is 9.60. The van der Waals surface area contributed by atoms with Gasteiger partial charge in [-0.25, -0.2) is 13.6 Å². The summed E-state index contributed by atoms with van der Waals surface area (Å²) < 4.78 is 21.2. The fourth-order valence-corrected chi connectivity index (χ4v) is 2.42. The van der Waals surface area contributed by atoms with Crippen LogP contribution in [0, 0.1) is 0 Å². The highest BCUT2D eigenvalue weighted by molar-refractivity contribution is 9.11. The van der Waals surface area contributed by atoms with Crippen LogP contribution in [0.25, 0.3) is 0 Å². The molecule has 0 aromatic rings. The second-order valence-corrected chi connectivity index (χ2v) is 7.72. The van der Waals surface area contributed by atoms with Gasteiger partial charge in [-0.15, -0.1) is 0 Å². The van der Waals surface area contributed by atoms with Crippen molar-refractivity contribution < 1.29 is 8.42 Å². The molecule has 1 atom stereocenters. The summed E-state index contributed by atoms with van der Waals surface area (Å²) in [6.45, 7) is 2.21. The van der Waals surface area contributed by atoms with Gasteiger partial charge in [-0.3, -0.25) is 0 Å². The Morgan fingerprint density at radius 1 is 1.00 bits per heavy atom. The zero-order chi connectivity index (χ0) is 12.4. The molecular formula is C11H24BrNO2S. The lowest BCUT2D eigenvalue weighted by Gasteiger charge is -2.06. The van der Waals surface area contributed by atoms with Crippen molar-refractivity contribution in [2.75, 3.05) is 0 Å². The molecular weight excluding hydrogens is 290 g/mol. The molecule has 0 amide bonds. The first kappa shape index (κ1) is 16.4. The zero-order valence-electron chi connectivity index (χ0n) is 10.1. The molecule has 0 radical (unpaired) electrons. The third-order valence-corrected chi connectivity index (χ3v) is 5.61. The van der Waals surface area contributed by atoms with Crippen LogP contribution in [-0.2, 0) is 10.0 Å². The van der Waals surface area contributed by atoms with Crippen LogP contribution in [0.3, 0.4) is 0 Å². The summed E-state index contributed by atoms with van der Waals surface area (Å²) >= 11 is 3.09. The number of hydrogen-bond donors (Lipinski definition) is 1. The normalized spacial score (nSPS) is 13.9. The molecule has 2 N–H and O–H groups in total. The molecule has 0 heterocycles. The number of alkyl halides is 1. The summed E-state index contributed by atoms with van der Waals surface area (Å²) in [7, 11) is -3.39. The zero-order valence-corrected chi connectivity index (χ0v) is 12.5. The third-order valence-electron chi connectivity index (χ3n) is 2.64. The quantitative estimate of drug-likeness (QED) is 0.495. The minimum absolute atomic E-state index is 0.569. The minimum atomic E-state index is -3.39. The van der Waals surface area contributed by atoms with Crippen LogP contribution in [0.1, 0.15) is 64.7 Å². The molecule has 0 aliphatic heterocycles. The Hall–Kier alpha value is 0.390. The highest BCUT2D eigenvalue weighted by atomic mass is 79.9. The number of primary sulfonamides is 1. The lowest BCUT2D eigenvalue weighted by Crippen LogP contribution is -2.23. The monoisotopic (exact) mass is 313 g/mol. The van der Waals surface area contributed by atoms with Gasteiger partial charge in [-0.2, -0.15) is 0 Å². The van der Waals surface area contributed by atoms with E-state index >= 15 is 0 Å². The Bertz CT molecular complexity index is 255. The summed E-state index contributed by atoms with van der Waals surface area (Å²) in [4.78, 5) is 0. The SMILES string of the molecule is CCCCCCCCCCC(Br)S(N)(=O)=O. The first-order valence-corrected chi connectivity index (χ1v) is 8.66. The van der Waals surface area contributed by atoms with Crippen LogP contribution >= 0.6 is 15.9 Å². The van der Waals surface area contributed by atoms with Crippen LogP contribution in [0.15, 0.2) is 0 Å². The second kappa shape index (κ2) is 9.42. The lowest BCUT2D eigenvalue weighted by molar-refractivity contribution is 0.562. The average Bonchev–Trinajstić information content (AvgIpc) is 2.20. The fourth-order valence-electron chi connectivity index (χ4n) is 1.60. The number of unbranched alkanes of at least 4 members (excludes halogenated alkanes) is 7. The maximum Gasteiger partial charge on any atom is 0.222 e. The van der Waals surface area contributed by atoms with Crippen LogP contribution in [-0.4, -0.2) is 12.6 Å². The van der Waals surface area contributed by atoms with Crippen LogP contribution in [0.2, 0.25) is 0 Å². The summed E-state index contributed by atoms with van der Waals surface area (Å²) in [5.41, 5.74) is 0. The van der Waals surface area contributed by atoms with E-state index < -0.39 is 14.2 Å². The highest BCUT2D eigenvalue weighted by Crippen LogP contribution is 2.16. The number of halogens is 1. The Morgan fingerprint density at radius 2 is 1.44 bits per heavy atom. The molecule has 16 heavy (non-hydrogen) atoms. The van der Waals surface area contributed by atoms with E-state index in [9.17, 15) is 8.42 Å². The van der Waals surface area contributed by atoms with Crippen molar-refractivity contribution in [2.45, 2.75) is 68.9 Å². The molecule has 0 saturated heterocycles. The number of nitrogens with two attached hydrogens (primary N) is 1. The summed E-state index contributed by atoms with van der Waals surface area (Å²) in [6.07, 6.45) is 10.4. The first-order chi connectivity index (χ1) is 7.48. The van der Waals surface area contributed by atoms with Gasteiger partial charge >= 0.3 is 0 Å². The second-order valence-electron chi connectivity index (χ2n) is 4.26. The highest BCUT2D eigenvalue weighted by Gasteiger charge is 2.16. The molecule has 0 fully saturated rings. The van der Waals surface area contributed by atoms with E-state index in [0.29, 0.717) is 6.42 Å². The van der Waals surface area contributed by atoms with E-state index in [1.165, 1.54) is 38.5 Å². The van der Waals surface area contributed by atoms with E-state index in [2.05, 4.69) is 22.9 Å². The van der Waals surface area contributed by atoms with Crippen LogP contribution < -0.4 is 5.14 Å². The maximum atomic E-state index is 10.9.